The fourth-order valence-electron chi connectivity index (χ4n) is 1.59. The zero-order valence-electron chi connectivity index (χ0n) is 12.1. The highest BCUT2D eigenvalue weighted by atomic mass is 16.6. The number of rotatable bonds is 6. The van der Waals surface area contributed by atoms with Gasteiger partial charge in [0.25, 0.3) is 0 Å². The summed E-state index contributed by atoms with van der Waals surface area (Å²) < 4.78 is 10.2. The molecule has 104 valence electrons. The number of ether oxygens (including phenoxy) is 2. The lowest BCUT2D eigenvalue weighted by atomic mass is 10.1. The molecule has 0 radical (unpaired) electrons. The van der Waals surface area contributed by atoms with Crippen LogP contribution < -0.4 is 0 Å². The summed E-state index contributed by atoms with van der Waals surface area (Å²) in [4.78, 5) is 11.4. The Labute approximate surface area is 115 Å². The Kier molecular flexibility index (Phi) is 5.61. The van der Waals surface area contributed by atoms with Gasteiger partial charge in [-0.15, -0.1) is 0 Å². The number of aryl methyl sites for hydroxylation is 1. The molecule has 1 rings (SSSR count). The first-order valence-electron chi connectivity index (χ1n) is 6.41. The summed E-state index contributed by atoms with van der Waals surface area (Å²) in [6.07, 6.45) is 3.52. The summed E-state index contributed by atoms with van der Waals surface area (Å²) in [5.41, 5.74) is 1.45. The van der Waals surface area contributed by atoms with Crippen LogP contribution in [0.1, 0.15) is 32.8 Å². The molecule has 0 amide bonds. The maximum Gasteiger partial charge on any atom is 0.349 e. The topological polar surface area (TPSA) is 35.5 Å². The van der Waals surface area contributed by atoms with Gasteiger partial charge in [0.15, 0.2) is 5.60 Å². The molecule has 0 aliphatic carbocycles. The number of hydrogen-bond donors (Lipinski definition) is 0. The van der Waals surface area contributed by atoms with Crippen LogP contribution in [0.5, 0.6) is 0 Å². The second-order valence-electron chi connectivity index (χ2n) is 5.07. The number of carbonyl (C=O) groups is 1. The molecule has 19 heavy (non-hydrogen) atoms. The van der Waals surface area contributed by atoms with E-state index in [9.17, 15) is 4.79 Å². The van der Waals surface area contributed by atoms with Gasteiger partial charge >= 0.3 is 5.97 Å². The zero-order chi connectivity index (χ0) is 14.3. The van der Waals surface area contributed by atoms with Crippen LogP contribution in [0.25, 0.3) is 0 Å². The number of esters is 1. The van der Waals surface area contributed by atoms with Crippen molar-refractivity contribution in [2.75, 3.05) is 7.11 Å². The van der Waals surface area contributed by atoms with Gasteiger partial charge in [-0.2, -0.15) is 0 Å². The van der Waals surface area contributed by atoms with Crippen molar-refractivity contribution in [3.05, 3.63) is 47.7 Å². The average Bonchev–Trinajstić information content (AvgIpc) is 2.43. The molecule has 0 fully saturated rings. The minimum atomic E-state index is -0.942. The molecule has 0 heterocycles. The molecule has 0 aromatic heterocycles. The fraction of sp³-hybridized carbons (Fsp3) is 0.438. The number of allylic oxidation sites excluding steroid dienone is 1. The molecular formula is C16H22O3. The van der Waals surface area contributed by atoms with Gasteiger partial charge < -0.3 is 9.47 Å². The SMILES string of the molecule is COC(=O)C(C)(C)OC=C(C)CCc1ccccc1. The van der Waals surface area contributed by atoms with Gasteiger partial charge in [0.05, 0.1) is 13.4 Å². The third-order valence-corrected chi connectivity index (χ3v) is 2.88. The molecule has 0 saturated heterocycles. The van der Waals surface area contributed by atoms with E-state index in [1.807, 2.05) is 25.1 Å². The summed E-state index contributed by atoms with van der Waals surface area (Å²) in [6, 6.07) is 10.3. The highest BCUT2D eigenvalue weighted by Gasteiger charge is 2.29. The Bertz CT molecular complexity index is 433. The van der Waals surface area contributed by atoms with Crippen LogP contribution in [0.3, 0.4) is 0 Å². The van der Waals surface area contributed by atoms with E-state index >= 15 is 0 Å². The average molecular weight is 262 g/mol. The van der Waals surface area contributed by atoms with E-state index < -0.39 is 5.60 Å². The van der Waals surface area contributed by atoms with Gasteiger partial charge in [0, 0.05) is 0 Å². The van der Waals surface area contributed by atoms with Crippen LogP contribution in [-0.2, 0) is 20.7 Å². The lowest BCUT2D eigenvalue weighted by Gasteiger charge is -2.21. The zero-order valence-corrected chi connectivity index (χ0v) is 12.1. The molecule has 3 heteroatoms. The van der Waals surface area contributed by atoms with Crippen molar-refractivity contribution in [3.8, 4) is 0 Å². The first-order valence-corrected chi connectivity index (χ1v) is 6.41. The summed E-state index contributed by atoms with van der Waals surface area (Å²) >= 11 is 0. The molecule has 1 aromatic carbocycles. The van der Waals surface area contributed by atoms with Crippen molar-refractivity contribution in [2.45, 2.75) is 39.2 Å². The minimum Gasteiger partial charge on any atom is -0.484 e. The van der Waals surface area contributed by atoms with Crippen LogP contribution in [-0.4, -0.2) is 18.7 Å². The first kappa shape index (κ1) is 15.3. The monoisotopic (exact) mass is 262 g/mol. The quantitative estimate of drug-likeness (QED) is 0.581. The van der Waals surface area contributed by atoms with Crippen molar-refractivity contribution in [2.24, 2.45) is 0 Å². The number of hydrogen-bond acceptors (Lipinski definition) is 3. The van der Waals surface area contributed by atoms with Gasteiger partial charge in [-0.3, -0.25) is 0 Å². The first-order chi connectivity index (χ1) is 8.95. The van der Waals surface area contributed by atoms with Crippen LogP contribution in [0, 0.1) is 0 Å². The second-order valence-corrected chi connectivity index (χ2v) is 5.07. The van der Waals surface area contributed by atoms with E-state index in [0.717, 1.165) is 18.4 Å². The molecule has 0 aliphatic heterocycles. The molecule has 0 N–H and O–H groups in total. The minimum absolute atomic E-state index is 0.375. The van der Waals surface area contributed by atoms with E-state index in [2.05, 4.69) is 16.9 Å². The fourth-order valence-corrected chi connectivity index (χ4v) is 1.59. The Morgan fingerprint density at radius 3 is 2.47 bits per heavy atom. The van der Waals surface area contributed by atoms with E-state index in [1.165, 1.54) is 12.7 Å². The molecule has 0 unspecified atom stereocenters. The van der Waals surface area contributed by atoms with Crippen molar-refractivity contribution in [1.29, 1.82) is 0 Å². The molecule has 0 bridgehead atoms. The van der Waals surface area contributed by atoms with Crippen molar-refractivity contribution >= 4 is 5.97 Å². The third kappa shape index (κ3) is 5.16. The molecule has 0 spiro atoms. The van der Waals surface area contributed by atoms with Crippen LogP contribution >= 0.6 is 0 Å². The molecule has 1 aromatic rings. The molecule has 0 atom stereocenters. The standard InChI is InChI=1S/C16H22O3/c1-13(10-11-14-8-6-5-7-9-14)12-19-16(2,3)15(17)18-4/h5-9,12H,10-11H2,1-4H3. The van der Waals surface area contributed by atoms with Crippen molar-refractivity contribution in [1.82, 2.24) is 0 Å². The summed E-state index contributed by atoms with van der Waals surface area (Å²) in [6.45, 7) is 5.38. The normalized spacial score (nSPS) is 12.1. The summed E-state index contributed by atoms with van der Waals surface area (Å²) in [5.74, 6) is -0.375. The predicted molar refractivity (Wildman–Crippen MR) is 75.7 cm³/mol. The Hall–Kier alpha value is -1.77. The van der Waals surface area contributed by atoms with Crippen molar-refractivity contribution < 1.29 is 14.3 Å². The van der Waals surface area contributed by atoms with Gasteiger partial charge in [0.2, 0.25) is 0 Å². The van der Waals surface area contributed by atoms with E-state index in [0.29, 0.717) is 0 Å². The molecule has 0 aliphatic rings. The third-order valence-electron chi connectivity index (χ3n) is 2.88. The van der Waals surface area contributed by atoms with Gasteiger partial charge in [-0.25, -0.2) is 4.79 Å². The van der Waals surface area contributed by atoms with Gasteiger partial charge in [0.1, 0.15) is 0 Å². The number of carbonyl (C=O) groups excluding carboxylic acids is 1. The maximum atomic E-state index is 11.4. The van der Waals surface area contributed by atoms with Gasteiger partial charge in [-0.1, -0.05) is 30.3 Å². The maximum absolute atomic E-state index is 11.4. The summed E-state index contributed by atoms with van der Waals surface area (Å²) in [5, 5.41) is 0. The van der Waals surface area contributed by atoms with E-state index in [-0.39, 0.29) is 5.97 Å². The molecular weight excluding hydrogens is 240 g/mol. The van der Waals surface area contributed by atoms with Gasteiger partial charge in [-0.05, 0) is 44.7 Å². The smallest absolute Gasteiger partial charge is 0.349 e. The highest BCUT2D eigenvalue weighted by Crippen LogP contribution is 2.15. The lowest BCUT2D eigenvalue weighted by Crippen LogP contribution is -2.34. The van der Waals surface area contributed by atoms with Crippen LogP contribution in [0.2, 0.25) is 0 Å². The van der Waals surface area contributed by atoms with E-state index in [1.54, 1.807) is 20.1 Å². The molecule has 0 saturated carbocycles. The van der Waals surface area contributed by atoms with Crippen molar-refractivity contribution in [3.63, 3.8) is 0 Å². The predicted octanol–water partition coefficient (Wildman–Crippen LogP) is 3.49. The Balaban J connectivity index is 2.47. The Morgan fingerprint density at radius 2 is 1.89 bits per heavy atom. The molecule has 3 nitrogen and oxygen atoms in total. The second kappa shape index (κ2) is 6.98. The van der Waals surface area contributed by atoms with Crippen LogP contribution in [0.4, 0.5) is 0 Å². The number of benzene rings is 1. The highest BCUT2D eigenvalue weighted by molar-refractivity contribution is 5.78. The van der Waals surface area contributed by atoms with E-state index in [4.69, 9.17) is 4.74 Å². The van der Waals surface area contributed by atoms with Crippen LogP contribution in [0.15, 0.2) is 42.2 Å². The lowest BCUT2D eigenvalue weighted by molar-refractivity contribution is -0.159. The largest absolute Gasteiger partial charge is 0.484 e. The number of methoxy groups -OCH3 is 1. The Morgan fingerprint density at radius 1 is 1.26 bits per heavy atom. The summed E-state index contributed by atoms with van der Waals surface area (Å²) in [7, 11) is 1.36.